The molecule has 4 nitrogen and oxygen atoms in total. The smallest absolute Gasteiger partial charge is 0.339 e. The van der Waals surface area contributed by atoms with E-state index in [0.29, 0.717) is 0 Å². The van der Waals surface area contributed by atoms with Gasteiger partial charge in [-0.3, -0.25) is 0 Å². The maximum atomic E-state index is 13.1. The molecule has 4 aliphatic rings. The summed E-state index contributed by atoms with van der Waals surface area (Å²) in [5, 5.41) is 11.5. The van der Waals surface area contributed by atoms with Crippen molar-refractivity contribution in [3.63, 3.8) is 0 Å². The molecule has 0 bridgehead atoms. The molecule has 2 aliphatic carbocycles. The number of quaternary nitrogens is 1. The van der Waals surface area contributed by atoms with Crippen molar-refractivity contribution in [3.8, 4) is 0 Å². The fourth-order valence-electron chi connectivity index (χ4n) is 6.19. The van der Waals surface area contributed by atoms with Crippen molar-refractivity contribution in [2.45, 2.75) is 82.3 Å². The second-order valence-corrected chi connectivity index (χ2v) is 9.01. The maximum Gasteiger partial charge on any atom is 0.339 e. The third kappa shape index (κ3) is 3.59. The van der Waals surface area contributed by atoms with Crippen molar-refractivity contribution in [1.82, 2.24) is 0 Å². The number of aliphatic hydroxyl groups is 1. The number of ether oxygens (including phenoxy) is 1. The third-order valence-electron chi connectivity index (χ3n) is 7.59. The highest BCUT2D eigenvalue weighted by molar-refractivity contribution is 5.80. The topological polar surface area (TPSA) is 46.5 Å². The van der Waals surface area contributed by atoms with Crippen LogP contribution in [0.1, 0.15) is 70.6 Å². The Morgan fingerprint density at radius 2 is 1.36 bits per heavy atom. The lowest BCUT2D eigenvalue weighted by Crippen LogP contribution is -3.00. The lowest BCUT2D eigenvalue weighted by Gasteiger charge is -2.37. The first-order valence-electron chi connectivity index (χ1n) is 10.4. The van der Waals surface area contributed by atoms with Crippen molar-refractivity contribution < 1.29 is 31.5 Å². The van der Waals surface area contributed by atoms with Crippen LogP contribution in [0.5, 0.6) is 0 Å². The van der Waals surface area contributed by atoms with Crippen LogP contribution in [0.15, 0.2) is 0 Å². The summed E-state index contributed by atoms with van der Waals surface area (Å²) in [5.74, 6) is -0.0144. The van der Waals surface area contributed by atoms with Crippen LogP contribution in [0.25, 0.3) is 0 Å². The summed E-state index contributed by atoms with van der Waals surface area (Å²) >= 11 is 0. The Labute approximate surface area is 158 Å². The number of hydrogen-bond donors (Lipinski definition) is 1. The molecule has 1 atom stereocenters. The Bertz CT molecular complexity index is 450. The van der Waals surface area contributed by atoms with Gasteiger partial charge in [0.2, 0.25) is 0 Å². The molecule has 1 N–H and O–H groups in total. The van der Waals surface area contributed by atoms with Gasteiger partial charge in [0.1, 0.15) is 6.54 Å². The maximum absolute atomic E-state index is 13.1. The van der Waals surface area contributed by atoms with Gasteiger partial charge in [-0.25, -0.2) is 4.79 Å². The summed E-state index contributed by atoms with van der Waals surface area (Å²) < 4.78 is 7.14. The first-order valence-corrected chi connectivity index (χ1v) is 10.4. The SMILES string of the molecule is O=C(OC1CC[N+]2(CCCC2)C1)C(O)(C1CCCC1)C1CCCC1.[Cl-]. The molecule has 0 radical (unpaired) electrons. The van der Waals surface area contributed by atoms with Crippen LogP contribution in [0.4, 0.5) is 0 Å². The monoisotopic (exact) mass is 371 g/mol. The largest absolute Gasteiger partial charge is 1.00 e. The van der Waals surface area contributed by atoms with Gasteiger partial charge < -0.3 is 26.7 Å². The van der Waals surface area contributed by atoms with E-state index in [1.165, 1.54) is 25.9 Å². The first kappa shape index (κ1) is 19.4. The number of esters is 1. The number of halogens is 1. The standard InChI is InChI=1S/C20H34NO3.ClH/c22-19(24-18-11-14-21(15-18)12-5-6-13-21)20(23,16-7-1-2-8-16)17-9-3-4-10-17;/h16-18,23H,1-15H2;1H/q+1;/p-1. The van der Waals surface area contributed by atoms with Crippen molar-refractivity contribution in [3.05, 3.63) is 0 Å². The average molecular weight is 372 g/mol. The Morgan fingerprint density at radius 3 is 1.88 bits per heavy atom. The van der Waals surface area contributed by atoms with E-state index >= 15 is 0 Å². The van der Waals surface area contributed by atoms with E-state index in [0.717, 1.165) is 75.4 Å². The van der Waals surface area contributed by atoms with Crippen molar-refractivity contribution in [1.29, 1.82) is 0 Å². The van der Waals surface area contributed by atoms with Gasteiger partial charge in [-0.2, -0.15) is 0 Å². The Kier molecular flexibility index (Phi) is 6.02. The minimum absolute atomic E-state index is 0. The number of hydrogen-bond acceptors (Lipinski definition) is 3. The summed E-state index contributed by atoms with van der Waals surface area (Å²) in [4.78, 5) is 13.1. The average Bonchev–Trinajstić information content (AvgIpc) is 3.38. The second-order valence-electron chi connectivity index (χ2n) is 9.01. The van der Waals surface area contributed by atoms with Gasteiger partial charge in [0.15, 0.2) is 11.7 Å². The fraction of sp³-hybridized carbons (Fsp3) is 0.950. The number of carbonyl (C=O) groups is 1. The molecule has 0 aromatic heterocycles. The molecule has 0 amide bonds. The Hall–Kier alpha value is -0.320. The molecule has 144 valence electrons. The molecule has 4 fully saturated rings. The van der Waals surface area contributed by atoms with E-state index in [2.05, 4.69) is 0 Å². The van der Waals surface area contributed by atoms with Crippen LogP contribution in [0.3, 0.4) is 0 Å². The van der Waals surface area contributed by atoms with Crippen LogP contribution in [-0.4, -0.2) is 53.4 Å². The van der Waals surface area contributed by atoms with Gasteiger partial charge >= 0.3 is 5.97 Å². The number of carbonyl (C=O) groups excluding carboxylic acids is 1. The van der Waals surface area contributed by atoms with Crippen LogP contribution in [0.2, 0.25) is 0 Å². The van der Waals surface area contributed by atoms with E-state index in [9.17, 15) is 9.90 Å². The molecule has 2 heterocycles. The van der Waals surface area contributed by atoms with E-state index in [-0.39, 0.29) is 36.3 Å². The normalized spacial score (nSPS) is 30.0. The highest BCUT2D eigenvalue weighted by Crippen LogP contribution is 2.45. The van der Waals surface area contributed by atoms with Crippen LogP contribution >= 0.6 is 0 Å². The van der Waals surface area contributed by atoms with Gasteiger partial charge in [0.05, 0.1) is 19.6 Å². The Balaban J connectivity index is 0.00000182. The van der Waals surface area contributed by atoms with E-state index in [1.54, 1.807) is 0 Å². The minimum atomic E-state index is -1.20. The lowest BCUT2D eigenvalue weighted by molar-refractivity contribution is -0.906. The van der Waals surface area contributed by atoms with Crippen LogP contribution in [0, 0.1) is 11.8 Å². The van der Waals surface area contributed by atoms with Crippen molar-refractivity contribution in [2.24, 2.45) is 11.8 Å². The molecule has 2 aliphatic heterocycles. The van der Waals surface area contributed by atoms with Gasteiger partial charge in [-0.15, -0.1) is 0 Å². The van der Waals surface area contributed by atoms with Crippen molar-refractivity contribution in [2.75, 3.05) is 26.2 Å². The molecule has 0 aromatic carbocycles. The predicted molar refractivity (Wildman–Crippen MR) is 92.3 cm³/mol. The highest BCUT2D eigenvalue weighted by Gasteiger charge is 2.54. The summed E-state index contributed by atoms with van der Waals surface area (Å²) in [6, 6.07) is 0. The molecule has 4 rings (SSSR count). The highest BCUT2D eigenvalue weighted by atomic mass is 35.5. The molecular weight excluding hydrogens is 338 g/mol. The zero-order chi connectivity index (χ0) is 16.6. The first-order chi connectivity index (χ1) is 11.6. The summed E-state index contributed by atoms with van der Waals surface area (Å²) in [6.45, 7) is 4.65. The molecule has 1 unspecified atom stereocenters. The van der Waals surface area contributed by atoms with Crippen molar-refractivity contribution >= 4 is 5.97 Å². The van der Waals surface area contributed by atoms with Gasteiger partial charge in [0.25, 0.3) is 0 Å². The summed E-state index contributed by atoms with van der Waals surface area (Å²) in [6.07, 6.45) is 12.2. The zero-order valence-corrected chi connectivity index (χ0v) is 16.2. The molecule has 1 spiro atoms. The van der Waals surface area contributed by atoms with Gasteiger partial charge in [-0.05, 0) is 37.5 Å². The van der Waals surface area contributed by atoms with Crippen LogP contribution < -0.4 is 12.4 Å². The zero-order valence-electron chi connectivity index (χ0n) is 15.4. The number of nitrogens with zero attached hydrogens (tertiary/aromatic N) is 1. The molecule has 5 heteroatoms. The minimum Gasteiger partial charge on any atom is -1.00 e. The third-order valence-corrected chi connectivity index (χ3v) is 7.59. The van der Waals surface area contributed by atoms with E-state index in [1.807, 2.05) is 0 Å². The molecular formula is C20H34ClNO3. The summed E-state index contributed by atoms with van der Waals surface area (Å²) in [5.41, 5.74) is -1.20. The summed E-state index contributed by atoms with van der Waals surface area (Å²) in [7, 11) is 0. The fourth-order valence-corrected chi connectivity index (χ4v) is 6.19. The van der Waals surface area contributed by atoms with Gasteiger partial charge in [-0.1, -0.05) is 25.7 Å². The van der Waals surface area contributed by atoms with Gasteiger partial charge in [0, 0.05) is 19.3 Å². The molecule has 2 saturated carbocycles. The molecule has 2 saturated heterocycles. The second kappa shape index (κ2) is 7.74. The quantitative estimate of drug-likeness (QED) is 0.560. The Morgan fingerprint density at radius 1 is 0.840 bits per heavy atom. The van der Waals surface area contributed by atoms with E-state index < -0.39 is 5.60 Å². The predicted octanol–water partition coefficient (Wildman–Crippen LogP) is 0.0280. The lowest BCUT2D eigenvalue weighted by atomic mass is 9.75. The van der Waals surface area contributed by atoms with E-state index in [4.69, 9.17) is 4.74 Å². The van der Waals surface area contributed by atoms with Crippen LogP contribution in [-0.2, 0) is 9.53 Å². The molecule has 0 aromatic rings. The number of rotatable bonds is 4. The molecule has 25 heavy (non-hydrogen) atoms.